The zero-order valence-corrected chi connectivity index (χ0v) is 6.56. The van der Waals surface area contributed by atoms with Gasteiger partial charge in [-0.25, -0.2) is 0 Å². The van der Waals surface area contributed by atoms with Crippen molar-refractivity contribution in [2.75, 3.05) is 6.61 Å². The third-order valence-corrected chi connectivity index (χ3v) is 1.67. The van der Waals surface area contributed by atoms with Crippen LogP contribution >= 0.6 is 0 Å². The lowest BCUT2D eigenvalue weighted by molar-refractivity contribution is 0.257. The Labute approximate surface area is 58.1 Å². The predicted molar refractivity (Wildman–Crippen MR) is 40.4 cm³/mol. The van der Waals surface area contributed by atoms with Gasteiger partial charge in [0.1, 0.15) is 0 Å². The van der Waals surface area contributed by atoms with E-state index in [-0.39, 0.29) is 0 Å². The van der Waals surface area contributed by atoms with E-state index in [4.69, 9.17) is 5.11 Å². The molecule has 0 aliphatic heterocycles. The van der Waals surface area contributed by atoms with E-state index >= 15 is 0 Å². The van der Waals surface area contributed by atoms with Crippen LogP contribution in [0.15, 0.2) is 0 Å². The zero-order chi connectivity index (χ0) is 7.11. The number of aliphatic hydroxyl groups is 1. The second-order valence-corrected chi connectivity index (χ2v) is 2.76. The Bertz CT molecular complexity index is 52.5. The van der Waals surface area contributed by atoms with Crippen molar-refractivity contribution in [2.45, 2.75) is 39.5 Å². The summed E-state index contributed by atoms with van der Waals surface area (Å²) in [4.78, 5) is 0. The summed E-state index contributed by atoms with van der Waals surface area (Å²) in [6, 6.07) is 0. The molecule has 0 saturated carbocycles. The average Bonchev–Trinajstić information content (AvgIpc) is 1.85. The van der Waals surface area contributed by atoms with Gasteiger partial charge in [-0.3, -0.25) is 0 Å². The minimum atomic E-state index is 0.352. The van der Waals surface area contributed by atoms with Gasteiger partial charge < -0.3 is 5.11 Å². The molecule has 0 aromatic heterocycles. The van der Waals surface area contributed by atoms with Crippen LogP contribution in [0.4, 0.5) is 0 Å². The molecule has 56 valence electrons. The SMILES string of the molecule is CCCCC(C)CCO. The third kappa shape index (κ3) is 5.84. The molecule has 0 bridgehead atoms. The van der Waals surface area contributed by atoms with Gasteiger partial charge in [0.05, 0.1) is 0 Å². The van der Waals surface area contributed by atoms with Gasteiger partial charge in [0.2, 0.25) is 0 Å². The van der Waals surface area contributed by atoms with Gasteiger partial charge in [-0.2, -0.15) is 0 Å². The van der Waals surface area contributed by atoms with E-state index in [1.807, 2.05) is 0 Å². The highest BCUT2D eigenvalue weighted by Gasteiger charge is 1.98. The minimum Gasteiger partial charge on any atom is -0.396 e. The Hall–Kier alpha value is -0.0400. The lowest BCUT2D eigenvalue weighted by Gasteiger charge is -2.06. The zero-order valence-electron chi connectivity index (χ0n) is 6.56. The normalized spacial score (nSPS) is 13.7. The molecule has 0 rings (SSSR count). The fourth-order valence-electron chi connectivity index (χ4n) is 0.917. The molecule has 1 nitrogen and oxygen atoms in total. The molecule has 0 amide bonds. The van der Waals surface area contributed by atoms with Crippen molar-refractivity contribution in [3.05, 3.63) is 0 Å². The van der Waals surface area contributed by atoms with Crippen molar-refractivity contribution < 1.29 is 5.11 Å². The molecule has 1 atom stereocenters. The second kappa shape index (κ2) is 6.09. The Morgan fingerprint density at radius 1 is 1.33 bits per heavy atom. The largest absolute Gasteiger partial charge is 0.396 e. The predicted octanol–water partition coefficient (Wildman–Crippen LogP) is 2.20. The topological polar surface area (TPSA) is 20.2 Å². The van der Waals surface area contributed by atoms with Crippen molar-refractivity contribution in [2.24, 2.45) is 5.92 Å². The van der Waals surface area contributed by atoms with Crippen LogP contribution in [0.1, 0.15) is 39.5 Å². The third-order valence-electron chi connectivity index (χ3n) is 1.67. The van der Waals surface area contributed by atoms with E-state index in [1.165, 1.54) is 19.3 Å². The number of rotatable bonds is 5. The Morgan fingerprint density at radius 2 is 2.00 bits per heavy atom. The van der Waals surface area contributed by atoms with Crippen LogP contribution in [0.2, 0.25) is 0 Å². The molecule has 0 spiro atoms. The maximum absolute atomic E-state index is 8.54. The molecule has 0 aliphatic carbocycles. The van der Waals surface area contributed by atoms with E-state index in [9.17, 15) is 0 Å². The van der Waals surface area contributed by atoms with Gasteiger partial charge in [-0.15, -0.1) is 0 Å². The van der Waals surface area contributed by atoms with Crippen molar-refractivity contribution in [3.63, 3.8) is 0 Å². The van der Waals surface area contributed by atoms with Crippen LogP contribution in [0.3, 0.4) is 0 Å². The minimum absolute atomic E-state index is 0.352. The summed E-state index contributed by atoms with van der Waals surface area (Å²) < 4.78 is 0. The van der Waals surface area contributed by atoms with Crippen molar-refractivity contribution in [1.82, 2.24) is 0 Å². The van der Waals surface area contributed by atoms with Gasteiger partial charge in [-0.1, -0.05) is 33.1 Å². The molecule has 0 heterocycles. The van der Waals surface area contributed by atoms with Crippen LogP contribution in [0, 0.1) is 5.92 Å². The molecule has 0 aromatic rings. The lowest BCUT2D eigenvalue weighted by atomic mass is 10.0. The van der Waals surface area contributed by atoms with Gasteiger partial charge in [0.25, 0.3) is 0 Å². The number of hydrogen-bond donors (Lipinski definition) is 1. The van der Waals surface area contributed by atoms with Crippen molar-refractivity contribution in [1.29, 1.82) is 0 Å². The van der Waals surface area contributed by atoms with Crippen molar-refractivity contribution >= 4 is 0 Å². The van der Waals surface area contributed by atoms with E-state index < -0.39 is 0 Å². The van der Waals surface area contributed by atoms with Crippen LogP contribution in [0.25, 0.3) is 0 Å². The highest BCUT2D eigenvalue weighted by atomic mass is 16.2. The van der Waals surface area contributed by atoms with E-state index in [1.54, 1.807) is 0 Å². The molecule has 0 saturated heterocycles. The lowest BCUT2D eigenvalue weighted by Crippen LogP contribution is -1.96. The molecule has 0 aromatic carbocycles. The standard InChI is InChI=1S/C8H18O/c1-3-4-5-8(2)6-7-9/h8-9H,3-7H2,1-2H3. The summed E-state index contributed by atoms with van der Waals surface area (Å²) in [6.45, 7) is 4.75. The first-order valence-electron chi connectivity index (χ1n) is 3.92. The fourth-order valence-corrected chi connectivity index (χ4v) is 0.917. The van der Waals surface area contributed by atoms with Crippen molar-refractivity contribution in [3.8, 4) is 0 Å². The molecule has 1 unspecified atom stereocenters. The van der Waals surface area contributed by atoms with E-state index in [0.29, 0.717) is 6.61 Å². The summed E-state index contributed by atoms with van der Waals surface area (Å²) in [5.41, 5.74) is 0. The summed E-state index contributed by atoms with van der Waals surface area (Å²) in [6.07, 6.45) is 4.83. The Balaban J connectivity index is 2.95. The highest BCUT2D eigenvalue weighted by molar-refractivity contribution is 4.50. The molecule has 0 fully saturated rings. The smallest absolute Gasteiger partial charge is 0.0433 e. The first-order chi connectivity index (χ1) is 4.31. The average molecular weight is 130 g/mol. The van der Waals surface area contributed by atoms with Gasteiger partial charge in [0.15, 0.2) is 0 Å². The first-order valence-corrected chi connectivity index (χ1v) is 3.92. The molecule has 9 heavy (non-hydrogen) atoms. The summed E-state index contributed by atoms with van der Waals surface area (Å²) in [7, 11) is 0. The van der Waals surface area contributed by atoms with Crippen LogP contribution in [-0.2, 0) is 0 Å². The van der Waals surface area contributed by atoms with E-state index in [2.05, 4.69) is 13.8 Å². The fraction of sp³-hybridized carbons (Fsp3) is 1.00. The number of unbranched alkanes of at least 4 members (excludes halogenated alkanes) is 1. The quantitative estimate of drug-likeness (QED) is 0.605. The maximum Gasteiger partial charge on any atom is 0.0433 e. The summed E-state index contributed by atoms with van der Waals surface area (Å²) >= 11 is 0. The maximum atomic E-state index is 8.54. The molecular weight excluding hydrogens is 112 g/mol. The Morgan fingerprint density at radius 3 is 2.44 bits per heavy atom. The first kappa shape index (κ1) is 8.96. The van der Waals surface area contributed by atoms with Gasteiger partial charge >= 0.3 is 0 Å². The van der Waals surface area contributed by atoms with Crippen LogP contribution in [0.5, 0.6) is 0 Å². The van der Waals surface area contributed by atoms with E-state index in [0.717, 1.165) is 12.3 Å². The van der Waals surface area contributed by atoms with Crippen LogP contribution < -0.4 is 0 Å². The van der Waals surface area contributed by atoms with Crippen LogP contribution in [-0.4, -0.2) is 11.7 Å². The summed E-state index contributed by atoms with van der Waals surface area (Å²) in [5, 5.41) is 8.54. The second-order valence-electron chi connectivity index (χ2n) is 2.76. The molecule has 0 aliphatic rings. The molecule has 1 heteroatoms. The van der Waals surface area contributed by atoms with Gasteiger partial charge in [0, 0.05) is 6.61 Å². The highest BCUT2D eigenvalue weighted by Crippen LogP contribution is 2.10. The molecular formula is C8H18O. The Kier molecular flexibility index (Phi) is 6.06. The number of hydrogen-bond acceptors (Lipinski definition) is 1. The molecule has 1 N–H and O–H groups in total. The van der Waals surface area contributed by atoms with Gasteiger partial charge in [-0.05, 0) is 12.3 Å². The monoisotopic (exact) mass is 130 g/mol. The summed E-state index contributed by atoms with van der Waals surface area (Å²) in [5.74, 6) is 0.718. The molecule has 0 radical (unpaired) electrons. The number of aliphatic hydroxyl groups excluding tert-OH is 1.